The molecule has 0 amide bonds. The van der Waals surface area contributed by atoms with Gasteiger partial charge in [-0.25, -0.2) is 8.78 Å². The van der Waals surface area contributed by atoms with Gasteiger partial charge < -0.3 is 4.57 Å². The number of alkyl halides is 1. The van der Waals surface area contributed by atoms with Crippen LogP contribution in [-0.2, 0) is 12.3 Å². The van der Waals surface area contributed by atoms with Crippen LogP contribution in [0.4, 0.5) is 8.78 Å². The summed E-state index contributed by atoms with van der Waals surface area (Å²) in [5.74, 6) is 0.573. The smallest absolute Gasteiger partial charge is 0.124 e. The summed E-state index contributed by atoms with van der Waals surface area (Å²) in [7, 11) is 0. The first-order valence-corrected chi connectivity index (χ1v) is 7.87. The van der Waals surface area contributed by atoms with Crippen LogP contribution in [-0.4, -0.2) is 11.2 Å². The molecule has 3 aromatic rings. The topological polar surface area (TPSA) is 4.93 Å². The third-order valence-electron chi connectivity index (χ3n) is 3.95. The van der Waals surface area contributed by atoms with E-state index in [2.05, 4.69) is 6.07 Å². The van der Waals surface area contributed by atoms with Crippen molar-refractivity contribution in [3.63, 3.8) is 0 Å². The molecule has 1 aliphatic heterocycles. The number of hydrogen-bond acceptors (Lipinski definition) is 1. The molecule has 2 aromatic carbocycles. The number of thioether (sulfide) groups is 1. The summed E-state index contributed by atoms with van der Waals surface area (Å²) >= 11 is 1.64. The lowest BCUT2D eigenvalue weighted by Crippen LogP contribution is -2.05. The molecule has 0 N–H and O–H groups in total. The molecule has 0 saturated carbocycles. The standard InChI is InChI=1S/C17H13F2NS/c18-7-8-20-15-4-2-1-3-12(15)14-10-21-16-9-11(19)5-6-13(16)17(14)20/h1-6,9H,7-8,10H2. The van der Waals surface area contributed by atoms with Crippen molar-refractivity contribution >= 4 is 22.7 Å². The molecular weight excluding hydrogens is 288 g/mol. The fraction of sp³-hybridized carbons (Fsp3) is 0.176. The highest BCUT2D eigenvalue weighted by atomic mass is 32.2. The minimum atomic E-state index is -0.408. The first-order valence-electron chi connectivity index (χ1n) is 6.88. The second kappa shape index (κ2) is 4.88. The van der Waals surface area contributed by atoms with Gasteiger partial charge in [0.05, 0.1) is 12.2 Å². The van der Waals surface area contributed by atoms with E-state index in [9.17, 15) is 8.78 Å². The molecule has 1 aromatic heterocycles. The van der Waals surface area contributed by atoms with Gasteiger partial charge in [0.2, 0.25) is 0 Å². The van der Waals surface area contributed by atoms with Crippen molar-refractivity contribution in [2.75, 3.05) is 6.67 Å². The molecule has 0 spiro atoms. The van der Waals surface area contributed by atoms with Crippen molar-refractivity contribution in [1.29, 1.82) is 0 Å². The predicted octanol–water partition coefficient (Wildman–Crippen LogP) is 5.02. The monoisotopic (exact) mass is 301 g/mol. The third kappa shape index (κ3) is 1.89. The number of hydrogen-bond donors (Lipinski definition) is 0. The van der Waals surface area contributed by atoms with Gasteiger partial charge in [-0.05, 0) is 29.8 Å². The number of para-hydroxylation sites is 1. The minimum absolute atomic E-state index is 0.224. The molecule has 2 heterocycles. The SMILES string of the molecule is FCCn1c2c(c3ccccc31)CSc1cc(F)ccc1-2. The highest BCUT2D eigenvalue weighted by Crippen LogP contribution is 2.45. The Morgan fingerprint density at radius 3 is 2.86 bits per heavy atom. The summed E-state index contributed by atoms with van der Waals surface area (Å²) in [6.45, 7) is -0.0773. The van der Waals surface area contributed by atoms with Gasteiger partial charge in [0.1, 0.15) is 12.5 Å². The first kappa shape index (κ1) is 12.9. The lowest BCUT2D eigenvalue weighted by molar-refractivity contribution is 0.452. The lowest BCUT2D eigenvalue weighted by Gasteiger charge is -2.19. The maximum atomic E-state index is 13.4. The van der Waals surface area contributed by atoms with Crippen LogP contribution in [0.25, 0.3) is 22.2 Å². The molecule has 0 unspecified atom stereocenters. The zero-order chi connectivity index (χ0) is 14.4. The van der Waals surface area contributed by atoms with Crippen LogP contribution in [0.15, 0.2) is 47.4 Å². The number of aromatic nitrogens is 1. The van der Waals surface area contributed by atoms with Crippen molar-refractivity contribution < 1.29 is 8.78 Å². The highest BCUT2D eigenvalue weighted by Gasteiger charge is 2.24. The van der Waals surface area contributed by atoms with E-state index in [4.69, 9.17) is 0 Å². The Labute approximate surface area is 125 Å². The molecule has 0 fully saturated rings. The van der Waals surface area contributed by atoms with E-state index in [0.717, 1.165) is 27.4 Å². The molecule has 106 valence electrons. The maximum Gasteiger partial charge on any atom is 0.124 e. The highest BCUT2D eigenvalue weighted by molar-refractivity contribution is 7.98. The van der Waals surface area contributed by atoms with Crippen molar-refractivity contribution in [1.82, 2.24) is 4.57 Å². The Morgan fingerprint density at radius 2 is 2.00 bits per heavy atom. The summed E-state index contributed by atoms with van der Waals surface area (Å²) in [6.07, 6.45) is 0. The summed E-state index contributed by atoms with van der Waals surface area (Å²) in [5, 5.41) is 1.17. The van der Waals surface area contributed by atoms with E-state index in [1.807, 2.05) is 28.8 Å². The zero-order valence-electron chi connectivity index (χ0n) is 11.3. The van der Waals surface area contributed by atoms with Crippen molar-refractivity contribution in [3.8, 4) is 11.3 Å². The van der Waals surface area contributed by atoms with Gasteiger partial charge in [0, 0.05) is 27.1 Å². The largest absolute Gasteiger partial charge is 0.338 e. The Morgan fingerprint density at radius 1 is 1.14 bits per heavy atom. The number of nitrogens with zero attached hydrogens (tertiary/aromatic N) is 1. The Kier molecular flexibility index (Phi) is 3.00. The number of rotatable bonds is 2. The van der Waals surface area contributed by atoms with Gasteiger partial charge in [-0.2, -0.15) is 0 Å². The van der Waals surface area contributed by atoms with Crippen LogP contribution in [0, 0.1) is 5.82 Å². The van der Waals surface area contributed by atoms with E-state index < -0.39 is 6.67 Å². The van der Waals surface area contributed by atoms with Gasteiger partial charge in [-0.3, -0.25) is 0 Å². The second-order valence-corrected chi connectivity index (χ2v) is 6.13. The van der Waals surface area contributed by atoms with Crippen LogP contribution in [0.1, 0.15) is 5.56 Å². The molecule has 1 aliphatic rings. The minimum Gasteiger partial charge on any atom is -0.338 e. The van der Waals surface area contributed by atoms with Crippen LogP contribution >= 0.6 is 11.8 Å². The predicted molar refractivity (Wildman–Crippen MR) is 82.9 cm³/mol. The Bertz CT molecular complexity index is 838. The van der Waals surface area contributed by atoms with E-state index >= 15 is 0 Å². The maximum absolute atomic E-state index is 13.4. The summed E-state index contributed by atoms with van der Waals surface area (Å²) in [4.78, 5) is 0.936. The molecule has 4 heteroatoms. The molecule has 0 saturated heterocycles. The molecule has 0 radical (unpaired) electrons. The molecule has 0 aliphatic carbocycles. The summed E-state index contributed by atoms with van der Waals surface area (Å²) < 4.78 is 28.5. The molecule has 21 heavy (non-hydrogen) atoms. The first-order chi connectivity index (χ1) is 10.3. The van der Waals surface area contributed by atoms with Crippen molar-refractivity contribution in [2.45, 2.75) is 17.2 Å². The molecule has 0 atom stereocenters. The van der Waals surface area contributed by atoms with Crippen molar-refractivity contribution in [2.24, 2.45) is 0 Å². The van der Waals surface area contributed by atoms with E-state index in [0.29, 0.717) is 6.54 Å². The molecule has 4 rings (SSSR count). The van der Waals surface area contributed by atoms with Crippen LogP contribution in [0.5, 0.6) is 0 Å². The van der Waals surface area contributed by atoms with E-state index in [1.54, 1.807) is 17.8 Å². The number of fused-ring (bicyclic) bond motifs is 5. The normalized spacial score (nSPS) is 13.2. The number of aryl methyl sites for hydroxylation is 1. The number of benzene rings is 2. The van der Waals surface area contributed by atoms with Crippen LogP contribution in [0.2, 0.25) is 0 Å². The fourth-order valence-electron chi connectivity index (χ4n) is 3.11. The third-order valence-corrected chi connectivity index (χ3v) is 5.04. The number of halogens is 2. The lowest BCUT2D eigenvalue weighted by atomic mass is 10.1. The Hall–Kier alpha value is -1.81. The van der Waals surface area contributed by atoms with E-state index in [-0.39, 0.29) is 5.82 Å². The van der Waals surface area contributed by atoms with Crippen LogP contribution in [0.3, 0.4) is 0 Å². The van der Waals surface area contributed by atoms with Gasteiger partial charge in [-0.15, -0.1) is 11.8 Å². The van der Waals surface area contributed by atoms with Crippen molar-refractivity contribution in [3.05, 3.63) is 53.8 Å². The molecular formula is C17H13F2NS. The Balaban J connectivity index is 2.08. The fourth-order valence-corrected chi connectivity index (χ4v) is 4.22. The second-order valence-electron chi connectivity index (χ2n) is 5.11. The van der Waals surface area contributed by atoms with Gasteiger partial charge in [-0.1, -0.05) is 18.2 Å². The average Bonchev–Trinajstić information content (AvgIpc) is 2.82. The summed E-state index contributed by atoms with van der Waals surface area (Å²) in [5.41, 5.74) is 4.33. The molecule has 0 bridgehead atoms. The van der Waals surface area contributed by atoms with Gasteiger partial charge in [0.15, 0.2) is 0 Å². The zero-order valence-corrected chi connectivity index (χ0v) is 12.1. The van der Waals surface area contributed by atoms with Gasteiger partial charge in [0.25, 0.3) is 0 Å². The van der Waals surface area contributed by atoms with E-state index in [1.165, 1.54) is 17.0 Å². The molecule has 1 nitrogen and oxygen atoms in total. The quantitative estimate of drug-likeness (QED) is 0.643. The van der Waals surface area contributed by atoms with Crippen LogP contribution < -0.4 is 0 Å². The summed E-state index contributed by atoms with van der Waals surface area (Å²) in [6, 6.07) is 12.9. The average molecular weight is 301 g/mol. The van der Waals surface area contributed by atoms with Gasteiger partial charge >= 0.3 is 0 Å².